The molecule has 0 aliphatic carbocycles. The molecule has 0 radical (unpaired) electrons. The van der Waals surface area contributed by atoms with Crippen LogP contribution in [0.15, 0.2) is 0 Å². The van der Waals surface area contributed by atoms with Crippen molar-refractivity contribution in [1.29, 1.82) is 0 Å². The zero-order chi connectivity index (χ0) is 26.6. The monoisotopic (exact) mass is 537 g/mol. The lowest BCUT2D eigenvalue weighted by Crippen LogP contribution is -2.26. The van der Waals surface area contributed by atoms with Gasteiger partial charge in [0.15, 0.2) is 0 Å². The molecule has 0 bridgehead atoms. The molecule has 0 aromatic carbocycles. The van der Waals surface area contributed by atoms with Gasteiger partial charge in [0.1, 0.15) is 12.4 Å². The fraction of sp³-hybridized carbons (Fsp3) is 0.963. The van der Waals surface area contributed by atoms with E-state index >= 15 is 0 Å². The highest BCUT2D eigenvalue weighted by atomic mass is 31.2. The molecule has 0 saturated heterocycles. The molecule has 0 aliphatic heterocycles. The van der Waals surface area contributed by atoms with Crippen molar-refractivity contribution in [2.24, 2.45) is 0 Å². The smallest absolute Gasteiger partial charge is 0.379 e. The van der Waals surface area contributed by atoms with Crippen molar-refractivity contribution in [2.75, 3.05) is 46.6 Å². The van der Waals surface area contributed by atoms with E-state index in [1.807, 2.05) is 0 Å². The molecule has 36 heavy (non-hydrogen) atoms. The summed E-state index contributed by atoms with van der Waals surface area (Å²) < 4.78 is 33.5. The van der Waals surface area contributed by atoms with E-state index in [4.69, 9.17) is 18.5 Å². The number of rotatable bonds is 30. The normalized spacial score (nSPS) is 14.1. The Labute approximate surface area is 221 Å². The van der Waals surface area contributed by atoms with Crippen LogP contribution in [0.4, 0.5) is 0 Å². The van der Waals surface area contributed by atoms with Crippen molar-refractivity contribution in [1.82, 2.24) is 5.32 Å². The second-order valence-corrected chi connectivity index (χ2v) is 11.0. The zero-order valence-corrected chi connectivity index (χ0v) is 24.2. The van der Waals surface area contributed by atoms with Gasteiger partial charge in [-0.1, -0.05) is 90.4 Å². The van der Waals surface area contributed by atoms with Gasteiger partial charge in [-0.3, -0.25) is 9.05 Å². The first-order valence-corrected chi connectivity index (χ1v) is 15.9. The van der Waals surface area contributed by atoms with Crippen molar-refractivity contribution >= 4 is 14.1 Å². The average molecular weight is 538 g/mol. The molecule has 0 aromatic rings. The minimum Gasteiger partial charge on any atom is -0.379 e. The van der Waals surface area contributed by atoms with E-state index in [9.17, 15) is 14.3 Å². The number of hydrogen-bond acceptors (Lipinski definition) is 7. The molecule has 0 saturated carbocycles. The number of carbonyl (C=O) groups is 1. The van der Waals surface area contributed by atoms with Crippen molar-refractivity contribution < 1.29 is 32.8 Å². The van der Waals surface area contributed by atoms with Gasteiger partial charge >= 0.3 is 7.82 Å². The van der Waals surface area contributed by atoms with Crippen LogP contribution in [0.1, 0.15) is 116 Å². The third kappa shape index (κ3) is 26.7. The molecule has 0 amide bonds. The Balaban J connectivity index is 3.84. The van der Waals surface area contributed by atoms with E-state index in [0.717, 1.165) is 32.0 Å². The molecule has 216 valence electrons. The Morgan fingerprint density at radius 3 is 1.86 bits per heavy atom. The third-order valence-corrected chi connectivity index (χ3v) is 7.03. The topological polar surface area (TPSA) is 103 Å². The number of phosphoric acid groups is 1. The Bertz CT molecular complexity index is 511. The van der Waals surface area contributed by atoms with Gasteiger partial charge in [-0.2, -0.15) is 0 Å². The maximum atomic E-state index is 12.0. The third-order valence-electron chi connectivity index (χ3n) is 6.05. The van der Waals surface area contributed by atoms with Gasteiger partial charge in [-0.05, 0) is 26.3 Å². The van der Waals surface area contributed by atoms with Gasteiger partial charge in [-0.15, -0.1) is 0 Å². The number of hydrogen-bond donors (Lipinski definition) is 2. The highest BCUT2D eigenvalue weighted by Gasteiger charge is 2.23. The van der Waals surface area contributed by atoms with E-state index in [1.54, 1.807) is 7.05 Å². The van der Waals surface area contributed by atoms with Crippen molar-refractivity contribution in [2.45, 2.75) is 122 Å². The average Bonchev–Trinajstić information content (AvgIpc) is 2.86. The molecule has 0 spiro atoms. The molecule has 2 N–H and O–H groups in total. The lowest BCUT2D eigenvalue weighted by molar-refractivity contribution is -0.108. The minimum atomic E-state index is -4.12. The first-order chi connectivity index (χ1) is 17.6. The maximum absolute atomic E-state index is 12.0. The lowest BCUT2D eigenvalue weighted by Gasteiger charge is -2.20. The summed E-state index contributed by atoms with van der Waals surface area (Å²) in [6.45, 7) is 4.09. The van der Waals surface area contributed by atoms with Crippen LogP contribution in [0.5, 0.6) is 0 Å². The van der Waals surface area contributed by atoms with Crippen LogP contribution in [0, 0.1) is 0 Å². The number of phosphoric ester groups is 1. The summed E-state index contributed by atoms with van der Waals surface area (Å²) in [5.41, 5.74) is 0. The number of ether oxygens (including phenoxy) is 2. The van der Waals surface area contributed by atoms with E-state index in [2.05, 4.69) is 12.2 Å². The minimum absolute atomic E-state index is 0.0805. The molecular weight excluding hydrogens is 481 g/mol. The van der Waals surface area contributed by atoms with Crippen LogP contribution in [-0.4, -0.2) is 63.9 Å². The second kappa shape index (κ2) is 27.7. The number of likely N-dealkylation sites (N-methyl/N-ethyl adjacent to an activating group) is 1. The fourth-order valence-corrected chi connectivity index (χ4v) is 4.57. The van der Waals surface area contributed by atoms with Crippen LogP contribution in [0.3, 0.4) is 0 Å². The van der Waals surface area contributed by atoms with Gasteiger partial charge < -0.3 is 24.5 Å². The maximum Gasteiger partial charge on any atom is 0.472 e. The van der Waals surface area contributed by atoms with Crippen molar-refractivity contribution in [3.8, 4) is 0 Å². The number of nitrogens with one attached hydrogen (secondary N) is 1. The molecule has 2 unspecified atom stereocenters. The summed E-state index contributed by atoms with van der Waals surface area (Å²) in [6, 6.07) is 0. The molecule has 0 fully saturated rings. The molecule has 0 heterocycles. The summed E-state index contributed by atoms with van der Waals surface area (Å²) >= 11 is 0. The quantitative estimate of drug-likeness (QED) is 0.0601. The van der Waals surface area contributed by atoms with E-state index in [0.29, 0.717) is 32.8 Å². The highest BCUT2D eigenvalue weighted by molar-refractivity contribution is 7.47. The first-order valence-electron chi connectivity index (χ1n) is 14.4. The summed E-state index contributed by atoms with van der Waals surface area (Å²) in [6.07, 6.45) is 20.9. The number of carbonyl (C=O) groups excluding carboxylic acids is 1. The second-order valence-electron chi connectivity index (χ2n) is 9.53. The van der Waals surface area contributed by atoms with Crippen LogP contribution in [-0.2, 0) is 27.9 Å². The van der Waals surface area contributed by atoms with Gasteiger partial charge in [0, 0.05) is 26.2 Å². The lowest BCUT2D eigenvalue weighted by atomic mass is 10.0. The summed E-state index contributed by atoms with van der Waals surface area (Å²) in [5.74, 6) is 0. The molecule has 0 aliphatic rings. The molecule has 9 heteroatoms. The van der Waals surface area contributed by atoms with Crippen LogP contribution < -0.4 is 5.32 Å². The van der Waals surface area contributed by atoms with Gasteiger partial charge in [0.25, 0.3) is 0 Å². The number of aldehydes is 1. The Kier molecular flexibility index (Phi) is 27.4. The van der Waals surface area contributed by atoms with E-state index in [-0.39, 0.29) is 13.2 Å². The SMILES string of the molecule is CCCCCCCCCCCCCCCCOCC(COP(=O)(O)OCCNC)OCCCCC=O. The van der Waals surface area contributed by atoms with E-state index in [1.165, 1.54) is 77.0 Å². The summed E-state index contributed by atoms with van der Waals surface area (Å²) in [5, 5.41) is 2.84. The number of unbranched alkanes of at least 4 members (excludes halogenated alkanes) is 15. The fourth-order valence-electron chi connectivity index (χ4n) is 3.82. The van der Waals surface area contributed by atoms with Crippen LogP contribution in [0.2, 0.25) is 0 Å². The molecule has 2 atom stereocenters. The Morgan fingerprint density at radius 1 is 0.750 bits per heavy atom. The molecular formula is C27H56NO7P. The van der Waals surface area contributed by atoms with Crippen molar-refractivity contribution in [3.05, 3.63) is 0 Å². The zero-order valence-electron chi connectivity index (χ0n) is 23.3. The van der Waals surface area contributed by atoms with Crippen molar-refractivity contribution in [3.63, 3.8) is 0 Å². The van der Waals surface area contributed by atoms with Crippen LogP contribution in [0.25, 0.3) is 0 Å². The summed E-state index contributed by atoms with van der Waals surface area (Å²) in [4.78, 5) is 20.2. The van der Waals surface area contributed by atoms with Crippen LogP contribution >= 0.6 is 7.82 Å². The standard InChI is InChI=1S/C27H56NO7P/c1-3-4-5-6-7-8-9-10-11-12-13-14-15-18-22-32-25-27(33-23-19-16-17-21-29)26-35-36(30,31)34-24-20-28-2/h21,27-28H,3-20,22-26H2,1-2H3,(H,30,31). The summed E-state index contributed by atoms with van der Waals surface area (Å²) in [7, 11) is -2.39. The van der Waals surface area contributed by atoms with E-state index < -0.39 is 13.9 Å². The highest BCUT2D eigenvalue weighted by Crippen LogP contribution is 2.43. The largest absolute Gasteiger partial charge is 0.472 e. The predicted octanol–water partition coefficient (Wildman–Crippen LogP) is 6.59. The molecule has 0 rings (SSSR count). The van der Waals surface area contributed by atoms with Gasteiger partial charge in [0.2, 0.25) is 0 Å². The predicted molar refractivity (Wildman–Crippen MR) is 146 cm³/mol. The van der Waals surface area contributed by atoms with Gasteiger partial charge in [-0.25, -0.2) is 4.57 Å². The molecule has 0 aromatic heterocycles. The Morgan fingerprint density at radius 2 is 1.31 bits per heavy atom. The first kappa shape index (κ1) is 35.7. The molecule has 8 nitrogen and oxygen atoms in total. The Hall–Kier alpha value is -0.340. The van der Waals surface area contributed by atoms with Gasteiger partial charge in [0.05, 0.1) is 19.8 Å².